The first kappa shape index (κ1) is 15.0. The van der Waals surface area contributed by atoms with Crippen molar-refractivity contribution in [3.8, 4) is 0 Å². The Hall–Kier alpha value is -1.39. The van der Waals surface area contributed by atoms with Crippen LogP contribution in [0.5, 0.6) is 0 Å². The van der Waals surface area contributed by atoms with Crippen LogP contribution in [0.25, 0.3) is 0 Å². The molecule has 108 valence electrons. The number of benzene rings is 1. The van der Waals surface area contributed by atoms with Gasteiger partial charge in [0.1, 0.15) is 6.04 Å². The van der Waals surface area contributed by atoms with Gasteiger partial charge >= 0.3 is 5.97 Å². The zero-order valence-corrected chi connectivity index (χ0v) is 12.0. The molecule has 1 aliphatic rings. The molecule has 0 aliphatic carbocycles. The molecule has 1 N–H and O–H groups in total. The highest BCUT2D eigenvalue weighted by atomic mass is 35.5. The molecule has 0 bridgehead atoms. The second-order valence-electron chi connectivity index (χ2n) is 5.08. The van der Waals surface area contributed by atoms with Crippen molar-refractivity contribution in [2.45, 2.75) is 31.7 Å². The van der Waals surface area contributed by atoms with E-state index < -0.39 is 12.0 Å². The van der Waals surface area contributed by atoms with Crippen LogP contribution in [-0.2, 0) is 4.79 Å². The number of Topliss-reactive ketones (excluding diaryl/α,β-unsaturated/α-hetero) is 1. The van der Waals surface area contributed by atoms with E-state index in [1.165, 1.54) is 0 Å². The van der Waals surface area contributed by atoms with Crippen molar-refractivity contribution in [2.24, 2.45) is 0 Å². The quantitative estimate of drug-likeness (QED) is 0.849. The van der Waals surface area contributed by atoms with Crippen LogP contribution in [0.1, 0.15) is 36.0 Å². The molecule has 1 aliphatic heterocycles. The number of carboxylic acid groups (broad SMARTS) is 1. The lowest BCUT2D eigenvalue weighted by Gasteiger charge is -2.31. The molecule has 0 aromatic heterocycles. The lowest BCUT2D eigenvalue weighted by molar-refractivity contribution is -0.143. The first-order valence-electron chi connectivity index (χ1n) is 6.83. The van der Waals surface area contributed by atoms with E-state index in [0.29, 0.717) is 10.6 Å². The Morgan fingerprint density at radius 2 is 1.75 bits per heavy atom. The molecule has 1 fully saturated rings. The van der Waals surface area contributed by atoms with Gasteiger partial charge in [-0.25, -0.2) is 0 Å². The third-order valence-corrected chi connectivity index (χ3v) is 3.91. The Bertz CT molecular complexity index is 480. The molecule has 0 spiro atoms. The minimum atomic E-state index is -0.922. The van der Waals surface area contributed by atoms with Crippen molar-refractivity contribution in [3.05, 3.63) is 34.9 Å². The third-order valence-electron chi connectivity index (χ3n) is 3.66. The van der Waals surface area contributed by atoms with Crippen LogP contribution in [0.4, 0.5) is 0 Å². The zero-order valence-electron chi connectivity index (χ0n) is 11.2. The largest absolute Gasteiger partial charge is 0.480 e. The van der Waals surface area contributed by atoms with Gasteiger partial charge in [0.25, 0.3) is 0 Å². The molecule has 1 heterocycles. The van der Waals surface area contributed by atoms with Crippen molar-refractivity contribution in [1.29, 1.82) is 0 Å². The summed E-state index contributed by atoms with van der Waals surface area (Å²) in [6, 6.07) is 5.84. The van der Waals surface area contributed by atoms with Gasteiger partial charge < -0.3 is 5.11 Å². The van der Waals surface area contributed by atoms with E-state index in [9.17, 15) is 14.7 Å². The average molecular weight is 296 g/mol. The fourth-order valence-corrected chi connectivity index (χ4v) is 2.66. The zero-order chi connectivity index (χ0) is 14.5. The summed E-state index contributed by atoms with van der Waals surface area (Å²) in [7, 11) is 0. The number of ketones is 1. The highest BCUT2D eigenvalue weighted by Gasteiger charge is 2.29. The molecule has 0 radical (unpaired) electrons. The summed E-state index contributed by atoms with van der Waals surface area (Å²) >= 11 is 5.78. The molecule has 20 heavy (non-hydrogen) atoms. The topological polar surface area (TPSA) is 57.6 Å². The van der Waals surface area contributed by atoms with Gasteiger partial charge in [-0.05, 0) is 50.2 Å². The number of piperidine rings is 1. The highest BCUT2D eigenvalue weighted by molar-refractivity contribution is 6.30. The van der Waals surface area contributed by atoms with Gasteiger partial charge in [0.15, 0.2) is 5.78 Å². The normalized spacial score (nSPS) is 17.6. The Balaban J connectivity index is 2.05. The van der Waals surface area contributed by atoms with Crippen LogP contribution in [0.3, 0.4) is 0 Å². The molecule has 1 atom stereocenters. The highest BCUT2D eigenvalue weighted by Crippen LogP contribution is 2.18. The fraction of sp³-hybridized carbons (Fsp3) is 0.467. The van der Waals surface area contributed by atoms with Crippen molar-refractivity contribution in [2.75, 3.05) is 13.1 Å². The fourth-order valence-electron chi connectivity index (χ4n) is 2.53. The van der Waals surface area contributed by atoms with Crippen LogP contribution in [0, 0.1) is 0 Å². The van der Waals surface area contributed by atoms with Crippen LogP contribution in [0.15, 0.2) is 24.3 Å². The second kappa shape index (κ2) is 6.86. The predicted molar refractivity (Wildman–Crippen MR) is 77.2 cm³/mol. The average Bonchev–Trinajstić information content (AvgIpc) is 2.46. The number of likely N-dealkylation sites (tertiary alicyclic amines) is 1. The van der Waals surface area contributed by atoms with Crippen molar-refractivity contribution < 1.29 is 14.7 Å². The minimum Gasteiger partial charge on any atom is -0.480 e. The van der Waals surface area contributed by atoms with Crippen molar-refractivity contribution in [1.82, 2.24) is 4.90 Å². The molecule has 4 nitrogen and oxygen atoms in total. The maximum Gasteiger partial charge on any atom is 0.321 e. The van der Waals surface area contributed by atoms with E-state index in [1.54, 1.807) is 24.3 Å². The second-order valence-corrected chi connectivity index (χ2v) is 5.52. The summed E-state index contributed by atoms with van der Waals surface area (Å²) in [5.74, 6) is -1.08. The van der Waals surface area contributed by atoms with E-state index in [0.717, 1.165) is 32.4 Å². The number of nitrogens with zero attached hydrogens (tertiary/aromatic N) is 1. The molecule has 1 aromatic carbocycles. The first-order chi connectivity index (χ1) is 9.58. The number of carbonyl (C=O) groups excluding carboxylic acids is 1. The number of hydrogen-bond acceptors (Lipinski definition) is 3. The Labute approximate surface area is 123 Å². The van der Waals surface area contributed by atoms with Crippen LogP contribution < -0.4 is 0 Å². The maximum atomic E-state index is 12.2. The summed E-state index contributed by atoms with van der Waals surface area (Å²) in [6.45, 7) is 1.51. The Morgan fingerprint density at radius 3 is 2.30 bits per heavy atom. The lowest BCUT2D eigenvalue weighted by Crippen LogP contribution is -2.45. The number of halogens is 1. The van der Waals surface area contributed by atoms with Gasteiger partial charge in [0, 0.05) is 17.0 Å². The van der Waals surface area contributed by atoms with E-state index in [4.69, 9.17) is 11.6 Å². The molecule has 1 aromatic rings. The van der Waals surface area contributed by atoms with Crippen molar-refractivity contribution >= 4 is 23.4 Å². The SMILES string of the molecule is O=C(C[C@@H](C(=O)O)N1CCCCC1)c1ccc(Cl)cc1. The number of hydrogen-bond donors (Lipinski definition) is 1. The molecule has 2 rings (SSSR count). The Morgan fingerprint density at radius 1 is 1.15 bits per heavy atom. The number of carboxylic acids is 1. The van der Waals surface area contributed by atoms with E-state index in [-0.39, 0.29) is 12.2 Å². The third kappa shape index (κ3) is 3.81. The number of carbonyl (C=O) groups is 2. The molecule has 0 unspecified atom stereocenters. The van der Waals surface area contributed by atoms with Crippen LogP contribution in [0.2, 0.25) is 5.02 Å². The number of aliphatic carboxylic acids is 1. The summed E-state index contributed by atoms with van der Waals surface area (Å²) in [4.78, 5) is 25.5. The molecule has 5 heteroatoms. The van der Waals surface area contributed by atoms with E-state index in [2.05, 4.69) is 0 Å². The molecule has 0 saturated carbocycles. The smallest absolute Gasteiger partial charge is 0.321 e. The van der Waals surface area contributed by atoms with Gasteiger partial charge in [-0.15, -0.1) is 0 Å². The summed E-state index contributed by atoms with van der Waals surface area (Å²) < 4.78 is 0. The van der Waals surface area contributed by atoms with Gasteiger partial charge in [-0.1, -0.05) is 18.0 Å². The Kier molecular flexibility index (Phi) is 5.15. The summed E-state index contributed by atoms with van der Waals surface area (Å²) in [5.41, 5.74) is 0.512. The monoisotopic (exact) mass is 295 g/mol. The molecular formula is C15H18ClNO3. The minimum absolute atomic E-state index is 0.0109. The predicted octanol–water partition coefficient (Wildman–Crippen LogP) is 2.85. The van der Waals surface area contributed by atoms with Crippen LogP contribution >= 0.6 is 11.6 Å². The van der Waals surface area contributed by atoms with Crippen LogP contribution in [-0.4, -0.2) is 40.9 Å². The molecule has 0 amide bonds. The number of rotatable bonds is 5. The standard InChI is InChI=1S/C15H18ClNO3/c16-12-6-4-11(5-7-12)14(18)10-13(15(19)20)17-8-2-1-3-9-17/h4-7,13H,1-3,8-10H2,(H,19,20)/t13-/m0/s1. The van der Waals surface area contributed by atoms with Gasteiger partial charge in [0.2, 0.25) is 0 Å². The molecular weight excluding hydrogens is 278 g/mol. The summed E-state index contributed by atoms with van der Waals surface area (Å²) in [5, 5.41) is 9.91. The summed E-state index contributed by atoms with van der Waals surface area (Å²) in [6.07, 6.45) is 3.14. The van der Waals surface area contributed by atoms with Gasteiger partial charge in [0.05, 0.1) is 0 Å². The maximum absolute atomic E-state index is 12.2. The van der Waals surface area contributed by atoms with E-state index >= 15 is 0 Å². The lowest BCUT2D eigenvalue weighted by atomic mass is 10.0. The van der Waals surface area contributed by atoms with Gasteiger partial charge in [-0.2, -0.15) is 0 Å². The van der Waals surface area contributed by atoms with Gasteiger partial charge in [-0.3, -0.25) is 14.5 Å². The van der Waals surface area contributed by atoms with Crippen molar-refractivity contribution in [3.63, 3.8) is 0 Å². The first-order valence-corrected chi connectivity index (χ1v) is 7.21. The molecule has 1 saturated heterocycles. The van der Waals surface area contributed by atoms with E-state index in [1.807, 2.05) is 4.90 Å².